The average molecular weight is 533 g/mol. The van der Waals surface area contributed by atoms with Crippen LogP contribution in [-0.2, 0) is 4.79 Å². The Kier molecular flexibility index (Phi) is 5.84. The zero-order valence-corrected chi connectivity index (χ0v) is 20.8. The Labute approximate surface area is 216 Å². The van der Waals surface area contributed by atoms with Gasteiger partial charge in [-0.05, 0) is 52.2 Å². The molecule has 0 saturated carbocycles. The molecule has 0 fully saturated rings. The van der Waals surface area contributed by atoms with E-state index in [2.05, 4.69) is 33.4 Å². The number of carbonyl (C=O) groups excluding carboxylic acids is 1. The number of anilines is 1. The van der Waals surface area contributed by atoms with Crippen molar-refractivity contribution in [2.45, 2.75) is 5.92 Å². The number of amides is 1. The van der Waals surface area contributed by atoms with Crippen LogP contribution < -0.4 is 5.32 Å². The summed E-state index contributed by atoms with van der Waals surface area (Å²) in [7, 11) is 0. The molecule has 0 spiro atoms. The second kappa shape index (κ2) is 9.44. The molecule has 6 rings (SSSR count). The maximum absolute atomic E-state index is 13.5. The summed E-state index contributed by atoms with van der Waals surface area (Å²) in [6.07, 6.45) is 0. The van der Waals surface area contributed by atoms with Crippen molar-refractivity contribution in [3.63, 3.8) is 0 Å². The number of oxazole rings is 1. The van der Waals surface area contributed by atoms with Gasteiger partial charge in [0.15, 0.2) is 5.58 Å². The lowest BCUT2D eigenvalue weighted by molar-refractivity contribution is -0.116. The van der Waals surface area contributed by atoms with Gasteiger partial charge in [0.25, 0.3) is 0 Å². The summed E-state index contributed by atoms with van der Waals surface area (Å²) in [5.74, 6) is 0.0168. The topological polar surface area (TPSA) is 55.1 Å². The molecule has 4 nitrogen and oxygen atoms in total. The summed E-state index contributed by atoms with van der Waals surface area (Å²) in [5.41, 5.74) is 4.82. The van der Waals surface area contributed by atoms with E-state index in [0.29, 0.717) is 22.7 Å². The quantitative estimate of drug-likeness (QED) is 0.243. The molecule has 0 radical (unpaired) electrons. The molecule has 1 N–H and O–H groups in total. The van der Waals surface area contributed by atoms with Crippen molar-refractivity contribution in [1.29, 1.82) is 0 Å². The molecule has 5 heteroatoms. The van der Waals surface area contributed by atoms with E-state index in [1.54, 1.807) is 0 Å². The molecule has 1 amide bonds. The van der Waals surface area contributed by atoms with Gasteiger partial charge in [-0.25, -0.2) is 4.98 Å². The minimum atomic E-state index is -0.426. The highest BCUT2D eigenvalue weighted by Crippen LogP contribution is 2.34. The Morgan fingerprint density at radius 3 is 2.14 bits per heavy atom. The van der Waals surface area contributed by atoms with Crippen molar-refractivity contribution in [2.75, 3.05) is 5.32 Å². The van der Waals surface area contributed by atoms with E-state index in [-0.39, 0.29) is 5.91 Å². The summed E-state index contributed by atoms with van der Waals surface area (Å²) in [6, 6.07) is 37.3. The molecule has 0 aliphatic rings. The maximum Gasteiger partial charge on any atom is 0.236 e. The first-order valence-corrected chi connectivity index (χ1v) is 12.5. The molecular weight excluding hydrogens is 512 g/mol. The van der Waals surface area contributed by atoms with Crippen molar-refractivity contribution in [1.82, 2.24) is 4.98 Å². The third-order valence-corrected chi connectivity index (χ3v) is 6.97. The van der Waals surface area contributed by atoms with E-state index < -0.39 is 5.92 Å². The predicted octanol–water partition coefficient (Wildman–Crippen LogP) is 8.18. The highest BCUT2D eigenvalue weighted by Gasteiger charge is 2.23. The van der Waals surface area contributed by atoms with Crippen LogP contribution in [0.15, 0.2) is 124 Å². The number of nitrogens with one attached hydrogen (secondary N) is 1. The summed E-state index contributed by atoms with van der Waals surface area (Å²) in [6.45, 7) is 0. The smallest absolute Gasteiger partial charge is 0.236 e. The number of hydrogen-bond donors (Lipinski definition) is 1. The second-order valence-electron chi connectivity index (χ2n) is 8.59. The molecule has 5 aromatic carbocycles. The third-order valence-electron chi connectivity index (χ3n) is 6.28. The predicted molar refractivity (Wildman–Crippen MR) is 148 cm³/mol. The van der Waals surface area contributed by atoms with E-state index in [0.717, 1.165) is 31.9 Å². The Morgan fingerprint density at radius 1 is 0.750 bits per heavy atom. The van der Waals surface area contributed by atoms with Gasteiger partial charge in [-0.3, -0.25) is 4.79 Å². The van der Waals surface area contributed by atoms with E-state index in [9.17, 15) is 4.79 Å². The van der Waals surface area contributed by atoms with Crippen LogP contribution in [0.2, 0.25) is 0 Å². The molecular formula is C31H21BrN2O2. The lowest BCUT2D eigenvalue weighted by Gasteiger charge is -2.18. The maximum atomic E-state index is 13.5. The first-order chi connectivity index (χ1) is 17.7. The van der Waals surface area contributed by atoms with Crippen LogP contribution in [0.3, 0.4) is 0 Å². The van der Waals surface area contributed by atoms with Crippen molar-refractivity contribution in [2.24, 2.45) is 0 Å². The number of rotatable bonds is 5. The first-order valence-electron chi connectivity index (χ1n) is 11.7. The average Bonchev–Trinajstić information content (AvgIpc) is 3.33. The molecule has 1 aromatic heterocycles. The van der Waals surface area contributed by atoms with Gasteiger partial charge in [-0.1, -0.05) is 101 Å². The fourth-order valence-corrected chi connectivity index (χ4v) is 5.08. The molecule has 0 bridgehead atoms. The van der Waals surface area contributed by atoms with Crippen molar-refractivity contribution in [3.05, 3.63) is 131 Å². The number of carbonyl (C=O) groups is 1. The van der Waals surface area contributed by atoms with Crippen molar-refractivity contribution in [3.8, 4) is 11.5 Å². The molecule has 0 unspecified atom stereocenters. The van der Waals surface area contributed by atoms with E-state index in [4.69, 9.17) is 9.40 Å². The fraction of sp³-hybridized carbons (Fsp3) is 0.0323. The largest absolute Gasteiger partial charge is 0.436 e. The van der Waals surface area contributed by atoms with Crippen LogP contribution >= 0.6 is 15.9 Å². The minimum Gasteiger partial charge on any atom is -0.436 e. The van der Waals surface area contributed by atoms with E-state index in [1.807, 2.05) is 103 Å². The van der Waals surface area contributed by atoms with Crippen LogP contribution in [0.4, 0.5) is 5.69 Å². The number of nitrogens with zero attached hydrogens (tertiary/aromatic N) is 1. The second-order valence-corrected chi connectivity index (χ2v) is 9.44. The van der Waals surface area contributed by atoms with E-state index in [1.165, 1.54) is 0 Å². The van der Waals surface area contributed by atoms with Crippen LogP contribution in [0, 0.1) is 0 Å². The van der Waals surface area contributed by atoms with Crippen molar-refractivity contribution >= 4 is 49.4 Å². The van der Waals surface area contributed by atoms with Gasteiger partial charge >= 0.3 is 0 Å². The zero-order valence-electron chi connectivity index (χ0n) is 19.2. The monoisotopic (exact) mass is 532 g/mol. The minimum absolute atomic E-state index is 0.102. The summed E-state index contributed by atoms with van der Waals surface area (Å²) >= 11 is 3.62. The Morgan fingerprint density at radius 2 is 1.42 bits per heavy atom. The highest BCUT2D eigenvalue weighted by molar-refractivity contribution is 9.10. The lowest BCUT2D eigenvalue weighted by atomic mass is 9.90. The Balaban J connectivity index is 1.34. The first kappa shape index (κ1) is 22.3. The fourth-order valence-electron chi connectivity index (χ4n) is 4.58. The van der Waals surface area contributed by atoms with Gasteiger partial charge in [0.1, 0.15) is 5.52 Å². The Bertz CT molecular complexity index is 1650. The molecule has 0 atom stereocenters. The number of hydrogen-bond acceptors (Lipinski definition) is 3. The third kappa shape index (κ3) is 4.18. The highest BCUT2D eigenvalue weighted by atomic mass is 79.9. The molecule has 36 heavy (non-hydrogen) atoms. The van der Waals surface area contributed by atoms with Gasteiger partial charge in [-0.2, -0.15) is 0 Å². The van der Waals surface area contributed by atoms with Gasteiger partial charge in [0.05, 0.1) is 5.92 Å². The van der Waals surface area contributed by atoms with Gasteiger partial charge in [-0.15, -0.1) is 0 Å². The number of aromatic nitrogens is 1. The molecule has 174 valence electrons. The molecule has 0 saturated heterocycles. The van der Waals surface area contributed by atoms with Crippen LogP contribution in [-0.4, -0.2) is 10.9 Å². The zero-order chi connectivity index (χ0) is 24.5. The lowest BCUT2D eigenvalue weighted by Crippen LogP contribution is -2.22. The summed E-state index contributed by atoms with van der Waals surface area (Å²) < 4.78 is 7.13. The number of halogens is 1. The molecule has 1 heterocycles. The standard InChI is InChI=1S/C31H21BrN2O2/c32-26-16-8-13-23-24(26)14-7-15-25(23)31-34-27-19-22(17-18-28(27)36-31)33-30(35)29(20-9-3-1-4-10-20)21-11-5-2-6-12-21/h1-19,29H,(H,33,35). The molecule has 0 aliphatic carbocycles. The van der Waals surface area contributed by atoms with E-state index >= 15 is 0 Å². The van der Waals surface area contributed by atoms with Gasteiger partial charge in [0.2, 0.25) is 11.8 Å². The van der Waals surface area contributed by atoms with Crippen molar-refractivity contribution < 1.29 is 9.21 Å². The van der Waals surface area contributed by atoms with Gasteiger partial charge in [0, 0.05) is 15.7 Å². The number of fused-ring (bicyclic) bond motifs is 2. The Hall–Kier alpha value is -4.22. The summed E-state index contributed by atoms with van der Waals surface area (Å²) in [5, 5.41) is 5.24. The van der Waals surface area contributed by atoms with Gasteiger partial charge < -0.3 is 9.73 Å². The molecule has 0 aliphatic heterocycles. The molecule has 6 aromatic rings. The number of benzene rings is 5. The SMILES string of the molecule is O=C(Nc1ccc2oc(-c3cccc4c(Br)cccc34)nc2c1)C(c1ccccc1)c1ccccc1. The van der Waals surface area contributed by atoms with Crippen LogP contribution in [0.25, 0.3) is 33.3 Å². The van der Waals surface area contributed by atoms with Crippen LogP contribution in [0.5, 0.6) is 0 Å². The summed E-state index contributed by atoms with van der Waals surface area (Å²) in [4.78, 5) is 18.3. The normalized spacial score (nSPS) is 11.3. The van der Waals surface area contributed by atoms with Crippen LogP contribution in [0.1, 0.15) is 17.0 Å².